The monoisotopic (exact) mass is 260 g/mol. The van der Waals surface area contributed by atoms with Gasteiger partial charge in [0.25, 0.3) is 0 Å². The smallest absolute Gasteiger partial charge is 0.119 e. The standard InChI is InChI=1S/C15H20N2O2/c1-2-13-5-7-15(8-6-13)19-12-14(18)11-16-17-9-3-4-10-17/h3-10,14,16,18H,2,11-12H2,1H3. The molecule has 0 aliphatic carbocycles. The Bertz CT molecular complexity index is 465. The Labute approximate surface area is 113 Å². The molecular weight excluding hydrogens is 240 g/mol. The van der Waals surface area contributed by atoms with Crippen molar-refractivity contribution in [1.29, 1.82) is 0 Å². The first-order chi connectivity index (χ1) is 9.28. The molecule has 2 aromatic rings. The van der Waals surface area contributed by atoms with E-state index in [1.165, 1.54) is 5.56 Å². The van der Waals surface area contributed by atoms with E-state index in [9.17, 15) is 5.11 Å². The normalized spacial score (nSPS) is 12.1. The van der Waals surface area contributed by atoms with E-state index >= 15 is 0 Å². The van der Waals surface area contributed by atoms with Gasteiger partial charge in [-0.25, -0.2) is 0 Å². The van der Waals surface area contributed by atoms with E-state index < -0.39 is 6.10 Å². The lowest BCUT2D eigenvalue weighted by Gasteiger charge is -2.14. The maximum atomic E-state index is 9.81. The van der Waals surface area contributed by atoms with E-state index in [2.05, 4.69) is 12.3 Å². The fourth-order valence-corrected chi connectivity index (χ4v) is 1.72. The van der Waals surface area contributed by atoms with Crippen LogP contribution < -0.4 is 10.2 Å². The summed E-state index contributed by atoms with van der Waals surface area (Å²) in [6, 6.07) is 11.8. The molecule has 2 rings (SSSR count). The lowest BCUT2D eigenvalue weighted by Crippen LogP contribution is -2.30. The average molecular weight is 260 g/mol. The summed E-state index contributed by atoms with van der Waals surface area (Å²) in [6.45, 7) is 2.84. The van der Waals surface area contributed by atoms with Gasteiger partial charge in [0.15, 0.2) is 0 Å². The number of aryl methyl sites for hydroxylation is 1. The Kier molecular flexibility index (Phi) is 4.86. The molecule has 1 aromatic carbocycles. The van der Waals surface area contributed by atoms with Crippen molar-refractivity contribution in [2.24, 2.45) is 0 Å². The van der Waals surface area contributed by atoms with Crippen LogP contribution in [0.25, 0.3) is 0 Å². The predicted molar refractivity (Wildman–Crippen MR) is 76.0 cm³/mol. The van der Waals surface area contributed by atoms with Gasteiger partial charge < -0.3 is 15.3 Å². The van der Waals surface area contributed by atoms with Crippen molar-refractivity contribution in [2.45, 2.75) is 19.4 Å². The lowest BCUT2D eigenvalue weighted by atomic mass is 10.2. The first kappa shape index (κ1) is 13.5. The van der Waals surface area contributed by atoms with E-state index in [1.807, 2.05) is 48.8 Å². The van der Waals surface area contributed by atoms with Crippen LogP contribution in [0.3, 0.4) is 0 Å². The van der Waals surface area contributed by atoms with Crippen molar-refractivity contribution in [3.05, 3.63) is 54.4 Å². The summed E-state index contributed by atoms with van der Waals surface area (Å²) < 4.78 is 7.34. The summed E-state index contributed by atoms with van der Waals surface area (Å²) in [5.41, 5.74) is 4.35. The fraction of sp³-hybridized carbons (Fsp3) is 0.333. The number of benzene rings is 1. The Balaban J connectivity index is 1.71. The zero-order valence-corrected chi connectivity index (χ0v) is 11.1. The van der Waals surface area contributed by atoms with E-state index in [-0.39, 0.29) is 6.61 Å². The van der Waals surface area contributed by atoms with Crippen molar-refractivity contribution < 1.29 is 9.84 Å². The van der Waals surface area contributed by atoms with Crippen LogP contribution in [0.15, 0.2) is 48.8 Å². The van der Waals surface area contributed by atoms with E-state index in [4.69, 9.17) is 4.74 Å². The average Bonchev–Trinajstić information content (AvgIpc) is 2.96. The van der Waals surface area contributed by atoms with Crippen LogP contribution in [0.2, 0.25) is 0 Å². The van der Waals surface area contributed by atoms with Gasteiger partial charge in [-0.1, -0.05) is 19.1 Å². The van der Waals surface area contributed by atoms with Crippen LogP contribution in [0, 0.1) is 0 Å². The van der Waals surface area contributed by atoms with Gasteiger partial charge in [0.1, 0.15) is 18.5 Å². The van der Waals surface area contributed by atoms with Gasteiger partial charge in [0.05, 0.1) is 6.54 Å². The van der Waals surface area contributed by atoms with Crippen LogP contribution in [-0.4, -0.2) is 29.0 Å². The highest BCUT2D eigenvalue weighted by molar-refractivity contribution is 5.27. The molecule has 0 saturated carbocycles. The molecule has 0 radical (unpaired) electrons. The SMILES string of the molecule is CCc1ccc(OCC(O)CNn2cccc2)cc1. The Hall–Kier alpha value is -1.94. The topological polar surface area (TPSA) is 46.4 Å². The predicted octanol–water partition coefficient (Wildman–Crippen LogP) is 2.03. The number of nitrogens with one attached hydrogen (secondary N) is 1. The third-order valence-corrected chi connectivity index (χ3v) is 2.89. The molecule has 0 bridgehead atoms. The minimum Gasteiger partial charge on any atom is -0.491 e. The molecule has 0 saturated heterocycles. The highest BCUT2D eigenvalue weighted by atomic mass is 16.5. The summed E-state index contributed by atoms with van der Waals surface area (Å²) in [5, 5.41) is 9.81. The van der Waals surface area contributed by atoms with Crippen molar-refractivity contribution in [3.8, 4) is 5.75 Å². The van der Waals surface area contributed by atoms with Crippen molar-refractivity contribution in [2.75, 3.05) is 18.6 Å². The summed E-state index contributed by atoms with van der Waals surface area (Å²) in [5.74, 6) is 0.789. The molecule has 1 unspecified atom stereocenters. The number of nitrogens with zero attached hydrogens (tertiary/aromatic N) is 1. The number of hydrogen-bond donors (Lipinski definition) is 2. The quantitative estimate of drug-likeness (QED) is 0.801. The van der Waals surface area contributed by atoms with Crippen molar-refractivity contribution in [3.63, 3.8) is 0 Å². The van der Waals surface area contributed by atoms with Crippen LogP contribution in [0.1, 0.15) is 12.5 Å². The zero-order chi connectivity index (χ0) is 13.5. The molecule has 1 heterocycles. The van der Waals surface area contributed by atoms with Gasteiger partial charge >= 0.3 is 0 Å². The molecule has 19 heavy (non-hydrogen) atoms. The van der Waals surface area contributed by atoms with Gasteiger partial charge in [-0.2, -0.15) is 0 Å². The first-order valence-corrected chi connectivity index (χ1v) is 6.54. The molecule has 4 heteroatoms. The summed E-state index contributed by atoms with van der Waals surface area (Å²) in [6.07, 6.45) is 4.24. The minimum atomic E-state index is -0.548. The number of aliphatic hydroxyl groups excluding tert-OH is 1. The largest absolute Gasteiger partial charge is 0.491 e. The second-order valence-electron chi connectivity index (χ2n) is 4.41. The lowest BCUT2D eigenvalue weighted by molar-refractivity contribution is 0.115. The summed E-state index contributed by atoms with van der Waals surface area (Å²) >= 11 is 0. The van der Waals surface area contributed by atoms with Crippen LogP contribution >= 0.6 is 0 Å². The number of aromatic nitrogens is 1. The Morgan fingerprint density at radius 2 is 1.89 bits per heavy atom. The molecular formula is C15H20N2O2. The molecule has 102 valence electrons. The number of aliphatic hydroxyl groups is 1. The van der Waals surface area contributed by atoms with E-state index in [1.54, 1.807) is 4.68 Å². The second kappa shape index (κ2) is 6.85. The number of rotatable bonds is 7. The van der Waals surface area contributed by atoms with Crippen LogP contribution in [0.5, 0.6) is 5.75 Å². The van der Waals surface area contributed by atoms with E-state index in [0.717, 1.165) is 12.2 Å². The number of hydrogen-bond acceptors (Lipinski definition) is 3. The molecule has 2 N–H and O–H groups in total. The summed E-state index contributed by atoms with van der Waals surface area (Å²) in [4.78, 5) is 0. The maximum absolute atomic E-state index is 9.81. The van der Waals surface area contributed by atoms with Crippen LogP contribution in [-0.2, 0) is 6.42 Å². The molecule has 0 aliphatic heterocycles. The molecule has 0 aliphatic rings. The van der Waals surface area contributed by atoms with E-state index in [0.29, 0.717) is 6.54 Å². The van der Waals surface area contributed by atoms with Gasteiger partial charge in [-0.05, 0) is 36.2 Å². The third kappa shape index (κ3) is 4.34. The van der Waals surface area contributed by atoms with Gasteiger partial charge in [0.2, 0.25) is 0 Å². The molecule has 0 amide bonds. The fourth-order valence-electron chi connectivity index (χ4n) is 1.72. The molecule has 0 fully saturated rings. The summed E-state index contributed by atoms with van der Waals surface area (Å²) in [7, 11) is 0. The molecule has 1 aromatic heterocycles. The maximum Gasteiger partial charge on any atom is 0.119 e. The highest BCUT2D eigenvalue weighted by Gasteiger charge is 2.05. The zero-order valence-electron chi connectivity index (χ0n) is 11.1. The molecule has 0 spiro atoms. The van der Waals surface area contributed by atoms with Gasteiger partial charge in [-0.15, -0.1) is 0 Å². The Morgan fingerprint density at radius 3 is 2.53 bits per heavy atom. The first-order valence-electron chi connectivity index (χ1n) is 6.54. The molecule has 4 nitrogen and oxygen atoms in total. The van der Waals surface area contributed by atoms with Gasteiger partial charge in [-0.3, -0.25) is 4.68 Å². The van der Waals surface area contributed by atoms with Gasteiger partial charge in [0, 0.05) is 12.4 Å². The molecule has 1 atom stereocenters. The Morgan fingerprint density at radius 1 is 1.21 bits per heavy atom. The number of ether oxygens (including phenoxy) is 1. The van der Waals surface area contributed by atoms with Crippen molar-refractivity contribution >= 4 is 0 Å². The third-order valence-electron chi connectivity index (χ3n) is 2.89. The highest BCUT2D eigenvalue weighted by Crippen LogP contribution is 2.12. The minimum absolute atomic E-state index is 0.278. The van der Waals surface area contributed by atoms with Crippen LogP contribution in [0.4, 0.5) is 0 Å². The van der Waals surface area contributed by atoms with Crippen molar-refractivity contribution in [1.82, 2.24) is 4.68 Å². The second-order valence-corrected chi connectivity index (χ2v) is 4.41.